The van der Waals surface area contributed by atoms with Crippen LogP contribution in [-0.4, -0.2) is 12.6 Å². The minimum Gasteiger partial charge on any atom is -0.313 e. The molecule has 0 saturated heterocycles. The highest BCUT2D eigenvalue weighted by atomic mass is 79.9. The third kappa shape index (κ3) is 3.25. The molecule has 1 heterocycles. The number of hydrogen-bond donors (Lipinski definition) is 1. The average molecular weight is 342 g/mol. The second-order valence-electron chi connectivity index (χ2n) is 6.19. The molecule has 0 bridgehead atoms. The van der Waals surface area contributed by atoms with E-state index in [-0.39, 0.29) is 0 Å². The monoisotopic (exact) mass is 341 g/mol. The van der Waals surface area contributed by atoms with Gasteiger partial charge in [-0.1, -0.05) is 19.8 Å². The zero-order valence-corrected chi connectivity index (χ0v) is 14.1. The number of thiophene rings is 1. The van der Waals surface area contributed by atoms with Gasteiger partial charge in [0.15, 0.2) is 0 Å². The Morgan fingerprint density at radius 3 is 2.68 bits per heavy atom. The van der Waals surface area contributed by atoms with Gasteiger partial charge in [-0.25, -0.2) is 0 Å². The highest BCUT2D eigenvalue weighted by Gasteiger charge is 2.53. The van der Waals surface area contributed by atoms with Gasteiger partial charge in [0.2, 0.25) is 0 Å². The molecule has 2 saturated carbocycles. The van der Waals surface area contributed by atoms with Crippen molar-refractivity contribution in [2.45, 2.75) is 51.5 Å². The van der Waals surface area contributed by atoms with Crippen molar-refractivity contribution < 1.29 is 0 Å². The molecule has 3 unspecified atom stereocenters. The summed E-state index contributed by atoms with van der Waals surface area (Å²) < 4.78 is 1.25. The summed E-state index contributed by atoms with van der Waals surface area (Å²) in [5.41, 5.74) is 0. The van der Waals surface area contributed by atoms with Gasteiger partial charge in [0, 0.05) is 20.8 Å². The van der Waals surface area contributed by atoms with Crippen molar-refractivity contribution in [2.24, 2.45) is 17.8 Å². The second-order valence-corrected chi connectivity index (χ2v) is 8.10. The van der Waals surface area contributed by atoms with Crippen LogP contribution in [0.3, 0.4) is 0 Å². The summed E-state index contributed by atoms with van der Waals surface area (Å²) in [7, 11) is 0. The third-order valence-corrected chi connectivity index (χ3v) is 6.61. The molecule has 1 N–H and O–H groups in total. The predicted octanol–water partition coefficient (Wildman–Crippen LogP) is 4.86. The van der Waals surface area contributed by atoms with Crippen LogP contribution in [0.25, 0.3) is 0 Å². The van der Waals surface area contributed by atoms with Gasteiger partial charge in [-0.2, -0.15) is 0 Å². The van der Waals surface area contributed by atoms with Crippen molar-refractivity contribution in [3.63, 3.8) is 0 Å². The highest BCUT2D eigenvalue weighted by molar-refractivity contribution is 9.10. The lowest BCUT2D eigenvalue weighted by atomic mass is 10.0. The molecule has 3 rings (SSSR count). The number of fused-ring (bicyclic) bond motifs is 1. The zero-order valence-electron chi connectivity index (χ0n) is 11.7. The van der Waals surface area contributed by atoms with E-state index in [0.717, 1.165) is 23.8 Å². The van der Waals surface area contributed by atoms with Crippen LogP contribution in [-0.2, 0) is 6.42 Å². The number of hydrogen-bond acceptors (Lipinski definition) is 2. The van der Waals surface area contributed by atoms with Gasteiger partial charge in [0.25, 0.3) is 0 Å². The molecular formula is C16H24BrNS. The zero-order chi connectivity index (χ0) is 13.2. The van der Waals surface area contributed by atoms with E-state index < -0.39 is 0 Å². The van der Waals surface area contributed by atoms with Crippen LogP contribution in [0, 0.1) is 17.8 Å². The van der Waals surface area contributed by atoms with E-state index in [0.29, 0.717) is 0 Å². The van der Waals surface area contributed by atoms with Crippen molar-refractivity contribution in [2.75, 3.05) is 6.54 Å². The summed E-state index contributed by atoms with van der Waals surface area (Å²) in [6, 6.07) is 3.02. The number of nitrogens with one attached hydrogen (secondary N) is 1. The van der Waals surface area contributed by atoms with Crippen molar-refractivity contribution in [3.05, 3.63) is 20.8 Å². The lowest BCUT2D eigenvalue weighted by Gasteiger charge is -2.18. The Kier molecular flexibility index (Phi) is 4.66. The van der Waals surface area contributed by atoms with Gasteiger partial charge < -0.3 is 5.32 Å². The summed E-state index contributed by atoms with van der Waals surface area (Å²) in [5.74, 6) is 3.06. The van der Waals surface area contributed by atoms with Gasteiger partial charge in [-0.05, 0) is 72.0 Å². The molecule has 3 heteroatoms. The van der Waals surface area contributed by atoms with Crippen LogP contribution in [0.15, 0.2) is 15.9 Å². The topological polar surface area (TPSA) is 12.0 Å². The molecule has 106 valence electrons. The quantitative estimate of drug-likeness (QED) is 0.779. The van der Waals surface area contributed by atoms with Crippen LogP contribution in [0.1, 0.15) is 43.9 Å². The first-order valence-electron chi connectivity index (χ1n) is 7.76. The normalized spacial score (nSPS) is 30.9. The fourth-order valence-electron chi connectivity index (χ4n) is 4.00. The maximum atomic E-state index is 3.84. The Morgan fingerprint density at radius 2 is 2.11 bits per heavy atom. The van der Waals surface area contributed by atoms with Gasteiger partial charge >= 0.3 is 0 Å². The summed E-state index contributed by atoms with van der Waals surface area (Å²) in [6.07, 6.45) is 8.41. The van der Waals surface area contributed by atoms with E-state index in [9.17, 15) is 0 Å². The lowest BCUT2D eigenvalue weighted by molar-refractivity contribution is 0.430. The molecule has 2 fully saturated rings. The molecule has 3 atom stereocenters. The Bertz CT molecular complexity index is 405. The smallest absolute Gasteiger partial charge is 0.0285 e. The highest BCUT2D eigenvalue weighted by Crippen LogP contribution is 2.57. The molecular weight excluding hydrogens is 318 g/mol. The number of rotatable bonds is 6. The first-order chi connectivity index (χ1) is 9.29. The second kappa shape index (κ2) is 6.28. The largest absolute Gasteiger partial charge is 0.313 e. The molecule has 0 aliphatic heterocycles. The maximum absolute atomic E-state index is 3.84. The van der Waals surface area contributed by atoms with Crippen LogP contribution in [0.4, 0.5) is 0 Å². The Labute approximate surface area is 129 Å². The van der Waals surface area contributed by atoms with Gasteiger partial charge in [-0.15, -0.1) is 11.3 Å². The lowest BCUT2D eigenvalue weighted by Crippen LogP contribution is -2.34. The Balaban J connectivity index is 1.64. The van der Waals surface area contributed by atoms with E-state index in [4.69, 9.17) is 0 Å². The first-order valence-corrected chi connectivity index (χ1v) is 9.43. The maximum Gasteiger partial charge on any atom is 0.0285 e. The molecule has 2 aliphatic carbocycles. The fraction of sp³-hybridized carbons (Fsp3) is 0.750. The van der Waals surface area contributed by atoms with E-state index in [1.807, 2.05) is 11.3 Å². The first kappa shape index (κ1) is 14.1. The molecule has 0 spiro atoms. The van der Waals surface area contributed by atoms with E-state index >= 15 is 0 Å². The van der Waals surface area contributed by atoms with Crippen LogP contribution < -0.4 is 5.32 Å². The molecule has 1 aromatic rings. The molecule has 19 heavy (non-hydrogen) atoms. The molecule has 0 aromatic carbocycles. The molecule has 0 amide bonds. The van der Waals surface area contributed by atoms with Gasteiger partial charge in [0.05, 0.1) is 0 Å². The van der Waals surface area contributed by atoms with Crippen molar-refractivity contribution in [1.82, 2.24) is 5.32 Å². The van der Waals surface area contributed by atoms with E-state index in [2.05, 4.69) is 39.6 Å². The van der Waals surface area contributed by atoms with Crippen molar-refractivity contribution >= 4 is 27.3 Å². The minimum atomic E-state index is 0.721. The van der Waals surface area contributed by atoms with E-state index in [1.54, 1.807) is 0 Å². The van der Waals surface area contributed by atoms with Crippen LogP contribution >= 0.6 is 27.3 Å². The number of halogens is 1. The Morgan fingerprint density at radius 1 is 1.37 bits per heavy atom. The summed E-state index contributed by atoms with van der Waals surface area (Å²) in [4.78, 5) is 1.53. The van der Waals surface area contributed by atoms with Crippen LogP contribution in [0.5, 0.6) is 0 Å². The van der Waals surface area contributed by atoms with Crippen molar-refractivity contribution in [3.8, 4) is 0 Å². The SMILES string of the molecule is CCCNC(Cc1cc(Br)cs1)C1C2CCCCC21. The van der Waals surface area contributed by atoms with Gasteiger partial charge in [-0.3, -0.25) is 0 Å². The summed E-state index contributed by atoms with van der Waals surface area (Å²) in [6.45, 7) is 3.44. The molecule has 1 aromatic heterocycles. The Hall–Kier alpha value is 0.140. The molecule has 0 radical (unpaired) electrons. The van der Waals surface area contributed by atoms with E-state index in [1.165, 1.54) is 54.4 Å². The average Bonchev–Trinajstić information content (AvgIpc) is 3.01. The van der Waals surface area contributed by atoms with Crippen LogP contribution in [0.2, 0.25) is 0 Å². The third-order valence-electron chi connectivity index (χ3n) is 4.89. The minimum absolute atomic E-state index is 0.721. The summed E-state index contributed by atoms with van der Waals surface area (Å²) >= 11 is 5.48. The fourth-order valence-corrected chi connectivity index (χ4v) is 5.51. The van der Waals surface area contributed by atoms with Gasteiger partial charge in [0.1, 0.15) is 0 Å². The summed E-state index contributed by atoms with van der Waals surface area (Å²) in [5, 5.41) is 6.05. The predicted molar refractivity (Wildman–Crippen MR) is 86.7 cm³/mol. The molecule has 1 nitrogen and oxygen atoms in total. The van der Waals surface area contributed by atoms with Crippen molar-refractivity contribution in [1.29, 1.82) is 0 Å². The standard InChI is InChI=1S/C16H24BrNS/c1-2-7-18-15(9-12-8-11(17)10-19-12)16-13-5-3-4-6-14(13)16/h8,10,13-16,18H,2-7,9H2,1H3. The molecule has 2 aliphatic rings.